The molecule has 1 heterocycles. The number of amides is 1. The van der Waals surface area contributed by atoms with Gasteiger partial charge in [-0.05, 0) is 56.8 Å². The third-order valence-electron chi connectivity index (χ3n) is 4.40. The summed E-state index contributed by atoms with van der Waals surface area (Å²) in [5, 5.41) is 3.08. The number of benzene rings is 1. The molecule has 1 aromatic carbocycles. The lowest BCUT2D eigenvalue weighted by Crippen LogP contribution is -2.46. The van der Waals surface area contributed by atoms with Gasteiger partial charge in [0.25, 0.3) is 0 Å². The van der Waals surface area contributed by atoms with Gasteiger partial charge in [0.1, 0.15) is 0 Å². The van der Waals surface area contributed by atoms with Crippen LogP contribution in [0.3, 0.4) is 0 Å². The van der Waals surface area contributed by atoms with E-state index in [9.17, 15) is 4.79 Å². The van der Waals surface area contributed by atoms with Gasteiger partial charge in [-0.3, -0.25) is 9.69 Å². The van der Waals surface area contributed by atoms with Gasteiger partial charge in [0.15, 0.2) is 0 Å². The van der Waals surface area contributed by atoms with Crippen LogP contribution in [0.5, 0.6) is 0 Å². The number of rotatable bonds is 5. The lowest BCUT2D eigenvalue weighted by atomic mass is 9.92. The summed E-state index contributed by atoms with van der Waals surface area (Å²) >= 11 is 3.42. The average Bonchev–Trinajstić information content (AvgIpc) is 2.47. The van der Waals surface area contributed by atoms with Crippen LogP contribution in [0.4, 0.5) is 0 Å². The Morgan fingerprint density at radius 2 is 2.09 bits per heavy atom. The van der Waals surface area contributed by atoms with Crippen LogP contribution in [0, 0.1) is 5.92 Å². The maximum Gasteiger partial charge on any atom is 0.234 e. The van der Waals surface area contributed by atoms with Crippen LogP contribution in [0.25, 0.3) is 0 Å². The molecule has 1 fully saturated rings. The third-order valence-corrected chi connectivity index (χ3v) is 4.93. The largest absolute Gasteiger partial charge is 0.348 e. The molecule has 0 saturated carbocycles. The van der Waals surface area contributed by atoms with Gasteiger partial charge >= 0.3 is 0 Å². The van der Waals surface area contributed by atoms with E-state index in [0.29, 0.717) is 12.5 Å². The zero-order valence-electron chi connectivity index (χ0n) is 13.4. The van der Waals surface area contributed by atoms with Gasteiger partial charge in [-0.25, -0.2) is 0 Å². The van der Waals surface area contributed by atoms with E-state index >= 15 is 0 Å². The maximum atomic E-state index is 12.2. The fourth-order valence-electron chi connectivity index (χ4n) is 2.99. The van der Waals surface area contributed by atoms with Crippen LogP contribution in [0.1, 0.15) is 38.3 Å². The van der Waals surface area contributed by atoms with E-state index in [-0.39, 0.29) is 18.0 Å². The van der Waals surface area contributed by atoms with E-state index in [4.69, 9.17) is 5.73 Å². The molecule has 1 saturated heterocycles. The maximum absolute atomic E-state index is 12.2. The van der Waals surface area contributed by atoms with Crippen LogP contribution in [0.15, 0.2) is 28.7 Å². The Kier molecular flexibility index (Phi) is 6.41. The molecule has 0 spiro atoms. The number of piperidine rings is 1. The van der Waals surface area contributed by atoms with Crippen LogP contribution < -0.4 is 11.1 Å². The zero-order chi connectivity index (χ0) is 16.1. The number of nitrogens with zero attached hydrogens (tertiary/aromatic N) is 1. The topological polar surface area (TPSA) is 58.4 Å². The van der Waals surface area contributed by atoms with Crippen molar-refractivity contribution in [2.24, 2.45) is 11.7 Å². The van der Waals surface area contributed by atoms with Crippen molar-refractivity contribution in [3.63, 3.8) is 0 Å². The van der Waals surface area contributed by atoms with Gasteiger partial charge in [-0.1, -0.05) is 28.1 Å². The van der Waals surface area contributed by atoms with E-state index in [1.54, 1.807) is 0 Å². The Hall–Kier alpha value is -0.910. The molecule has 122 valence electrons. The first kappa shape index (κ1) is 17.4. The highest BCUT2D eigenvalue weighted by atomic mass is 79.9. The molecule has 0 bridgehead atoms. The van der Waals surface area contributed by atoms with Gasteiger partial charge in [0.05, 0.1) is 12.6 Å². The first-order chi connectivity index (χ1) is 10.5. The van der Waals surface area contributed by atoms with Crippen molar-refractivity contribution in [1.29, 1.82) is 0 Å². The molecule has 1 amide bonds. The summed E-state index contributed by atoms with van der Waals surface area (Å²) in [6.45, 7) is 6.46. The number of hydrogen-bond donors (Lipinski definition) is 2. The summed E-state index contributed by atoms with van der Waals surface area (Å²) in [6, 6.07) is 8.28. The van der Waals surface area contributed by atoms with Crippen molar-refractivity contribution in [3.05, 3.63) is 34.3 Å². The number of likely N-dealkylation sites (tertiary alicyclic amines) is 1. The van der Waals surface area contributed by atoms with Crippen molar-refractivity contribution in [2.75, 3.05) is 19.6 Å². The van der Waals surface area contributed by atoms with Crippen molar-refractivity contribution in [1.82, 2.24) is 10.2 Å². The molecule has 1 aliphatic heterocycles. The highest BCUT2D eigenvalue weighted by Gasteiger charge is 2.24. The standard InChI is InChI=1S/C17H26BrN3O/c1-12(19)15-4-3-9-21(10-15)11-17(22)20-13(2)14-5-7-16(18)8-6-14/h5-8,12-13,15H,3-4,9-11,19H2,1-2H3,(H,20,22). The minimum absolute atomic E-state index is 0.0228. The SMILES string of the molecule is CC(NC(=O)CN1CCCC(C(C)N)C1)c1ccc(Br)cc1. The lowest BCUT2D eigenvalue weighted by Gasteiger charge is -2.34. The summed E-state index contributed by atoms with van der Waals surface area (Å²) in [6.07, 6.45) is 2.30. The van der Waals surface area contributed by atoms with Crippen molar-refractivity contribution in [2.45, 2.75) is 38.8 Å². The second kappa shape index (κ2) is 8.09. The van der Waals surface area contributed by atoms with E-state index < -0.39 is 0 Å². The number of halogens is 1. The Bertz CT molecular complexity index is 489. The molecule has 1 aliphatic rings. The summed E-state index contributed by atoms with van der Waals surface area (Å²) < 4.78 is 1.05. The molecular weight excluding hydrogens is 342 g/mol. The molecule has 0 radical (unpaired) electrons. The first-order valence-corrected chi connectivity index (χ1v) is 8.77. The summed E-state index contributed by atoms with van der Waals surface area (Å²) in [7, 11) is 0. The minimum Gasteiger partial charge on any atom is -0.348 e. The van der Waals surface area contributed by atoms with Crippen LogP contribution in [0.2, 0.25) is 0 Å². The van der Waals surface area contributed by atoms with Crippen molar-refractivity contribution < 1.29 is 4.79 Å². The van der Waals surface area contributed by atoms with Gasteiger partial charge in [-0.2, -0.15) is 0 Å². The number of nitrogens with two attached hydrogens (primary N) is 1. The normalized spacial score (nSPS) is 22.1. The summed E-state index contributed by atoms with van der Waals surface area (Å²) in [4.78, 5) is 14.5. The Morgan fingerprint density at radius 1 is 1.41 bits per heavy atom. The van der Waals surface area contributed by atoms with Crippen LogP contribution in [-0.4, -0.2) is 36.5 Å². The van der Waals surface area contributed by atoms with Crippen molar-refractivity contribution >= 4 is 21.8 Å². The second-order valence-corrected chi connectivity index (χ2v) is 7.25. The lowest BCUT2D eigenvalue weighted by molar-refractivity contribution is -0.123. The van der Waals surface area contributed by atoms with E-state index in [1.807, 2.05) is 31.2 Å². The molecule has 5 heteroatoms. The number of carbonyl (C=O) groups is 1. The van der Waals surface area contributed by atoms with Gasteiger partial charge in [-0.15, -0.1) is 0 Å². The molecule has 4 nitrogen and oxygen atoms in total. The van der Waals surface area contributed by atoms with Gasteiger partial charge < -0.3 is 11.1 Å². The van der Waals surface area contributed by atoms with Crippen LogP contribution in [-0.2, 0) is 4.79 Å². The summed E-state index contributed by atoms with van der Waals surface area (Å²) in [5.41, 5.74) is 7.11. The van der Waals surface area contributed by atoms with Gasteiger partial charge in [0, 0.05) is 17.1 Å². The number of nitrogens with one attached hydrogen (secondary N) is 1. The van der Waals surface area contributed by atoms with E-state index in [0.717, 1.165) is 29.5 Å². The first-order valence-electron chi connectivity index (χ1n) is 7.98. The molecule has 3 atom stereocenters. The van der Waals surface area contributed by atoms with Crippen LogP contribution >= 0.6 is 15.9 Å². The molecule has 1 aromatic rings. The monoisotopic (exact) mass is 367 g/mol. The van der Waals surface area contributed by atoms with E-state index in [2.05, 4.69) is 33.1 Å². The highest BCUT2D eigenvalue weighted by Crippen LogP contribution is 2.19. The highest BCUT2D eigenvalue weighted by molar-refractivity contribution is 9.10. The predicted molar refractivity (Wildman–Crippen MR) is 93.5 cm³/mol. The van der Waals surface area contributed by atoms with Crippen molar-refractivity contribution in [3.8, 4) is 0 Å². The molecule has 0 aliphatic carbocycles. The average molecular weight is 368 g/mol. The smallest absolute Gasteiger partial charge is 0.234 e. The third kappa shape index (κ3) is 5.07. The Balaban J connectivity index is 1.83. The molecular formula is C17H26BrN3O. The fraction of sp³-hybridized carbons (Fsp3) is 0.588. The Labute approximate surface area is 141 Å². The van der Waals surface area contributed by atoms with Gasteiger partial charge in [0.2, 0.25) is 5.91 Å². The predicted octanol–water partition coefficient (Wildman–Crippen LogP) is 2.69. The zero-order valence-corrected chi connectivity index (χ0v) is 15.0. The molecule has 3 N–H and O–H groups in total. The fourth-order valence-corrected chi connectivity index (χ4v) is 3.25. The molecule has 0 aromatic heterocycles. The molecule has 3 unspecified atom stereocenters. The minimum atomic E-state index is 0.0228. The quantitative estimate of drug-likeness (QED) is 0.840. The Morgan fingerprint density at radius 3 is 2.73 bits per heavy atom. The van der Waals surface area contributed by atoms with E-state index in [1.165, 1.54) is 6.42 Å². The number of hydrogen-bond acceptors (Lipinski definition) is 3. The molecule has 2 rings (SSSR count). The molecule has 22 heavy (non-hydrogen) atoms. The second-order valence-electron chi connectivity index (χ2n) is 6.34. The number of carbonyl (C=O) groups excluding carboxylic acids is 1. The summed E-state index contributed by atoms with van der Waals surface area (Å²) in [5.74, 6) is 0.589.